The third-order valence-electron chi connectivity index (χ3n) is 6.32. The number of aliphatic hydroxyl groups excluding tert-OH is 1. The number of methoxy groups -OCH3 is 1. The summed E-state index contributed by atoms with van der Waals surface area (Å²) in [5.74, 6) is -0.716. The molecule has 2 saturated heterocycles. The zero-order valence-corrected chi connectivity index (χ0v) is 19.1. The molecule has 2 aromatic rings. The van der Waals surface area contributed by atoms with E-state index in [0.717, 1.165) is 50.4 Å². The monoisotopic (exact) mass is 450 g/mol. The molecule has 0 bridgehead atoms. The minimum Gasteiger partial charge on any atom is -0.507 e. The lowest BCUT2D eigenvalue weighted by molar-refractivity contribution is -0.140. The van der Waals surface area contributed by atoms with Crippen molar-refractivity contribution in [2.24, 2.45) is 0 Å². The summed E-state index contributed by atoms with van der Waals surface area (Å²) in [4.78, 5) is 30.1. The molecule has 0 spiro atoms. The molecule has 1 amide bonds. The van der Waals surface area contributed by atoms with Gasteiger partial charge in [0.05, 0.1) is 31.9 Å². The highest BCUT2D eigenvalue weighted by atomic mass is 16.5. The van der Waals surface area contributed by atoms with Gasteiger partial charge in [-0.2, -0.15) is 0 Å². The van der Waals surface area contributed by atoms with Crippen LogP contribution in [-0.2, 0) is 14.3 Å². The quantitative estimate of drug-likeness (QED) is 0.397. The fourth-order valence-corrected chi connectivity index (χ4v) is 4.56. The van der Waals surface area contributed by atoms with E-state index >= 15 is 0 Å². The van der Waals surface area contributed by atoms with Gasteiger partial charge in [-0.15, -0.1) is 0 Å². The number of carbonyl (C=O) groups is 2. The first-order valence-electron chi connectivity index (χ1n) is 11.3. The maximum Gasteiger partial charge on any atom is 0.295 e. The van der Waals surface area contributed by atoms with Crippen molar-refractivity contribution in [2.45, 2.75) is 19.4 Å². The van der Waals surface area contributed by atoms with Crippen LogP contribution in [0.2, 0.25) is 0 Å². The number of carbonyl (C=O) groups excluding carboxylic acids is 2. The Bertz CT molecular complexity index is 1040. The first-order valence-corrected chi connectivity index (χ1v) is 11.3. The van der Waals surface area contributed by atoms with Crippen LogP contribution in [0.4, 0.5) is 0 Å². The maximum absolute atomic E-state index is 13.2. The summed E-state index contributed by atoms with van der Waals surface area (Å²) in [6.45, 7) is 6.28. The van der Waals surface area contributed by atoms with Gasteiger partial charge in [0.1, 0.15) is 11.5 Å². The maximum atomic E-state index is 13.2. The van der Waals surface area contributed by atoms with Gasteiger partial charge in [-0.3, -0.25) is 14.5 Å². The Morgan fingerprint density at radius 1 is 1.09 bits per heavy atom. The standard InChI is InChI=1S/C26H30N2O5/c1-18-17-20(32-2)9-10-21(18)24(29)22-23(19-7-4-3-5-8-19)28(26(31)25(22)30)12-6-11-27-13-15-33-16-14-27/h3-5,7-10,17,23,29H,6,11-16H2,1-2H3/t23-/m1/s1. The van der Waals surface area contributed by atoms with Gasteiger partial charge in [-0.05, 0) is 42.7 Å². The van der Waals surface area contributed by atoms with Gasteiger partial charge in [0.25, 0.3) is 11.7 Å². The molecule has 174 valence electrons. The number of rotatable bonds is 7. The van der Waals surface area contributed by atoms with E-state index in [1.165, 1.54) is 0 Å². The van der Waals surface area contributed by atoms with Crippen LogP contribution >= 0.6 is 0 Å². The van der Waals surface area contributed by atoms with E-state index in [4.69, 9.17) is 9.47 Å². The molecule has 7 nitrogen and oxygen atoms in total. The van der Waals surface area contributed by atoms with Gasteiger partial charge in [-0.1, -0.05) is 30.3 Å². The third kappa shape index (κ3) is 4.79. The van der Waals surface area contributed by atoms with E-state index < -0.39 is 17.7 Å². The number of nitrogens with zero attached hydrogens (tertiary/aromatic N) is 2. The lowest BCUT2D eigenvalue weighted by Crippen LogP contribution is -2.38. The van der Waals surface area contributed by atoms with E-state index in [2.05, 4.69) is 4.90 Å². The summed E-state index contributed by atoms with van der Waals surface area (Å²) in [5.41, 5.74) is 2.21. The number of hydrogen-bond donors (Lipinski definition) is 1. The van der Waals surface area contributed by atoms with E-state index in [1.54, 1.807) is 30.2 Å². The van der Waals surface area contributed by atoms with Crippen LogP contribution in [0.5, 0.6) is 5.75 Å². The summed E-state index contributed by atoms with van der Waals surface area (Å²) in [6, 6.07) is 14.0. The largest absolute Gasteiger partial charge is 0.507 e. The van der Waals surface area contributed by atoms with E-state index in [1.807, 2.05) is 37.3 Å². The van der Waals surface area contributed by atoms with Crippen LogP contribution in [0, 0.1) is 6.92 Å². The number of likely N-dealkylation sites (tertiary alicyclic amines) is 1. The fourth-order valence-electron chi connectivity index (χ4n) is 4.56. The third-order valence-corrected chi connectivity index (χ3v) is 6.32. The minimum absolute atomic E-state index is 0.130. The van der Waals surface area contributed by atoms with Gasteiger partial charge in [-0.25, -0.2) is 0 Å². The molecule has 0 aliphatic carbocycles. The number of Topliss-reactive ketones (excluding diaryl/α,β-unsaturated/α-hetero) is 1. The van der Waals surface area contributed by atoms with Crippen molar-refractivity contribution in [1.82, 2.24) is 9.80 Å². The molecule has 2 aromatic carbocycles. The van der Waals surface area contributed by atoms with Crippen molar-refractivity contribution in [3.63, 3.8) is 0 Å². The number of amides is 1. The molecule has 33 heavy (non-hydrogen) atoms. The van der Waals surface area contributed by atoms with Gasteiger partial charge >= 0.3 is 0 Å². The Balaban J connectivity index is 1.67. The van der Waals surface area contributed by atoms with E-state index in [-0.39, 0.29) is 11.3 Å². The van der Waals surface area contributed by atoms with Crippen molar-refractivity contribution in [3.8, 4) is 5.75 Å². The number of ketones is 1. The lowest BCUT2D eigenvalue weighted by Gasteiger charge is -2.29. The number of morpholine rings is 1. The molecule has 2 heterocycles. The van der Waals surface area contributed by atoms with Crippen molar-refractivity contribution >= 4 is 17.4 Å². The molecule has 2 aliphatic rings. The number of aliphatic hydroxyl groups is 1. The van der Waals surface area contributed by atoms with Crippen LogP contribution < -0.4 is 4.74 Å². The Hall–Kier alpha value is -3.16. The second-order valence-electron chi connectivity index (χ2n) is 8.39. The molecular weight excluding hydrogens is 420 g/mol. The lowest BCUT2D eigenvalue weighted by atomic mass is 9.94. The molecule has 4 rings (SSSR count). The minimum atomic E-state index is -0.650. The first-order chi connectivity index (χ1) is 16.0. The molecule has 2 fully saturated rings. The molecule has 1 atom stereocenters. The predicted molar refractivity (Wildman–Crippen MR) is 125 cm³/mol. The molecule has 0 aromatic heterocycles. The Morgan fingerprint density at radius 2 is 1.82 bits per heavy atom. The average Bonchev–Trinajstić information content (AvgIpc) is 3.10. The van der Waals surface area contributed by atoms with Crippen LogP contribution in [0.25, 0.3) is 5.76 Å². The van der Waals surface area contributed by atoms with E-state index in [0.29, 0.717) is 17.9 Å². The predicted octanol–water partition coefficient (Wildman–Crippen LogP) is 3.15. The highest BCUT2D eigenvalue weighted by Crippen LogP contribution is 2.40. The molecule has 7 heteroatoms. The van der Waals surface area contributed by atoms with Crippen molar-refractivity contribution in [1.29, 1.82) is 0 Å². The van der Waals surface area contributed by atoms with Crippen LogP contribution in [0.1, 0.15) is 29.2 Å². The fraction of sp³-hybridized carbons (Fsp3) is 0.385. The van der Waals surface area contributed by atoms with Gasteiger partial charge in [0.15, 0.2) is 0 Å². The molecule has 1 N–H and O–H groups in total. The molecule has 0 saturated carbocycles. The average molecular weight is 451 g/mol. The summed E-state index contributed by atoms with van der Waals surface area (Å²) in [5, 5.41) is 11.2. The normalized spacial score (nSPS) is 20.9. The van der Waals surface area contributed by atoms with E-state index in [9.17, 15) is 14.7 Å². The van der Waals surface area contributed by atoms with Crippen LogP contribution in [0.15, 0.2) is 54.1 Å². The Morgan fingerprint density at radius 3 is 2.48 bits per heavy atom. The first kappa shape index (κ1) is 23.0. The number of ether oxygens (including phenoxy) is 2. The van der Waals surface area contributed by atoms with Gasteiger partial charge in [0, 0.05) is 31.7 Å². The Labute approximate surface area is 194 Å². The van der Waals surface area contributed by atoms with Crippen LogP contribution in [0.3, 0.4) is 0 Å². The highest BCUT2D eigenvalue weighted by Gasteiger charge is 2.45. The smallest absolute Gasteiger partial charge is 0.295 e. The van der Waals surface area contributed by atoms with Crippen molar-refractivity contribution in [2.75, 3.05) is 46.5 Å². The van der Waals surface area contributed by atoms with Gasteiger partial charge < -0.3 is 19.5 Å². The second kappa shape index (κ2) is 10.2. The summed E-state index contributed by atoms with van der Waals surface area (Å²) < 4.78 is 10.7. The number of hydrogen-bond acceptors (Lipinski definition) is 6. The zero-order chi connectivity index (χ0) is 23.4. The molecule has 0 unspecified atom stereocenters. The second-order valence-corrected chi connectivity index (χ2v) is 8.39. The Kier molecular flexibility index (Phi) is 7.11. The SMILES string of the molecule is COc1ccc(C(O)=C2C(=O)C(=O)N(CCCN3CCOCC3)[C@@H]2c2ccccc2)c(C)c1. The molecule has 0 radical (unpaired) electrons. The molecular formula is C26H30N2O5. The highest BCUT2D eigenvalue weighted by molar-refractivity contribution is 6.46. The summed E-state index contributed by atoms with van der Waals surface area (Å²) in [7, 11) is 1.58. The number of benzene rings is 2. The van der Waals surface area contributed by atoms with Crippen molar-refractivity contribution in [3.05, 3.63) is 70.8 Å². The summed E-state index contributed by atoms with van der Waals surface area (Å²) in [6.07, 6.45) is 0.734. The molecule has 2 aliphatic heterocycles. The van der Waals surface area contributed by atoms with Crippen LogP contribution in [-0.4, -0.2) is 73.1 Å². The number of aryl methyl sites for hydroxylation is 1. The van der Waals surface area contributed by atoms with Gasteiger partial charge in [0.2, 0.25) is 0 Å². The summed E-state index contributed by atoms with van der Waals surface area (Å²) >= 11 is 0. The van der Waals surface area contributed by atoms with Crippen molar-refractivity contribution < 1.29 is 24.2 Å². The zero-order valence-electron chi connectivity index (χ0n) is 19.1. The topological polar surface area (TPSA) is 79.3 Å².